The molecule has 0 spiro atoms. The van der Waals surface area contributed by atoms with Crippen LogP contribution < -0.4 is 0 Å². The van der Waals surface area contributed by atoms with E-state index in [0.29, 0.717) is 18.9 Å². The van der Waals surface area contributed by atoms with Crippen molar-refractivity contribution in [3.63, 3.8) is 0 Å². The molecule has 0 aliphatic carbocycles. The summed E-state index contributed by atoms with van der Waals surface area (Å²) in [6.07, 6.45) is 1.09. The lowest BCUT2D eigenvalue weighted by molar-refractivity contribution is -0.118. The molecule has 0 fully saturated rings. The number of carbonyl (C=O) groups is 1. The Morgan fingerprint density at radius 2 is 1.82 bits per heavy atom. The summed E-state index contributed by atoms with van der Waals surface area (Å²) < 4.78 is 38.9. The maximum absolute atomic E-state index is 13.3. The van der Waals surface area contributed by atoms with Crippen LogP contribution in [-0.4, -0.2) is 10.6 Å². The van der Waals surface area contributed by atoms with Crippen molar-refractivity contribution in [1.29, 1.82) is 0 Å². The molecular weight excluding hydrogens is 297 g/mol. The van der Waals surface area contributed by atoms with Crippen LogP contribution in [0.2, 0.25) is 0 Å². The number of Topliss-reactive ketones (excluding diaryl/α,β-unsaturated/α-hetero) is 1. The number of hydrogen-bond donors (Lipinski definition) is 0. The van der Waals surface area contributed by atoms with Crippen molar-refractivity contribution in [2.75, 3.05) is 0 Å². The largest absolute Gasteiger partial charge is 0.298 e. The lowest BCUT2D eigenvalue weighted by Crippen LogP contribution is -2.17. The van der Waals surface area contributed by atoms with E-state index in [0.717, 1.165) is 6.07 Å². The zero-order valence-electron chi connectivity index (χ0n) is 9.27. The van der Waals surface area contributed by atoms with Crippen molar-refractivity contribution >= 4 is 21.7 Å². The Labute approximate surface area is 106 Å². The van der Waals surface area contributed by atoms with Gasteiger partial charge in [0.05, 0.1) is 4.83 Å². The van der Waals surface area contributed by atoms with Crippen molar-refractivity contribution in [2.45, 2.75) is 31.0 Å². The average Bonchev–Trinajstić information content (AvgIpc) is 2.26. The summed E-state index contributed by atoms with van der Waals surface area (Å²) in [5.41, 5.74) is -0.00442. The number of alkyl halides is 1. The first-order valence-corrected chi connectivity index (χ1v) is 6.17. The van der Waals surface area contributed by atoms with E-state index in [2.05, 4.69) is 15.9 Å². The molecule has 0 aromatic heterocycles. The number of ketones is 1. The molecule has 0 bridgehead atoms. The Bertz CT molecular complexity index is 420. The van der Waals surface area contributed by atoms with Crippen LogP contribution in [-0.2, 0) is 11.2 Å². The van der Waals surface area contributed by atoms with Crippen molar-refractivity contribution in [2.24, 2.45) is 0 Å². The van der Waals surface area contributed by atoms with Crippen LogP contribution in [0.3, 0.4) is 0 Å². The van der Waals surface area contributed by atoms with E-state index in [1.807, 2.05) is 6.92 Å². The Morgan fingerprint density at radius 1 is 1.24 bits per heavy atom. The smallest absolute Gasteiger partial charge is 0.161 e. The summed E-state index contributed by atoms with van der Waals surface area (Å²) in [5.74, 6) is -3.24. The van der Waals surface area contributed by atoms with Crippen molar-refractivity contribution < 1.29 is 18.0 Å². The van der Waals surface area contributed by atoms with Gasteiger partial charge in [0.1, 0.15) is 11.6 Å². The van der Waals surface area contributed by atoms with Crippen LogP contribution in [0.5, 0.6) is 0 Å². The highest BCUT2D eigenvalue weighted by molar-refractivity contribution is 9.10. The number of rotatable bonds is 5. The molecule has 0 amide bonds. The third-order valence-electron chi connectivity index (χ3n) is 2.33. The molecule has 1 rings (SSSR count). The molecule has 0 heterocycles. The second-order valence-corrected chi connectivity index (χ2v) is 4.85. The summed E-state index contributed by atoms with van der Waals surface area (Å²) >= 11 is 3.13. The topological polar surface area (TPSA) is 17.1 Å². The van der Waals surface area contributed by atoms with E-state index >= 15 is 0 Å². The number of halogens is 4. The second-order valence-electron chi connectivity index (χ2n) is 3.75. The van der Waals surface area contributed by atoms with Crippen LogP contribution >= 0.6 is 15.9 Å². The van der Waals surface area contributed by atoms with Gasteiger partial charge in [-0.15, -0.1) is 0 Å². The van der Waals surface area contributed by atoms with Crippen molar-refractivity contribution in [3.05, 3.63) is 35.1 Å². The predicted octanol–water partition coefficient (Wildman–Crippen LogP) is 3.78. The van der Waals surface area contributed by atoms with Gasteiger partial charge in [0.15, 0.2) is 11.6 Å². The first-order valence-electron chi connectivity index (χ1n) is 5.26. The van der Waals surface area contributed by atoms with Gasteiger partial charge < -0.3 is 0 Å². The standard InChI is InChI=1S/C12H12BrF3O/c1-2-3-12(17)8(13)4-7-5-10(15)11(16)6-9(7)14/h5-6,8H,2-4H2,1H3. The van der Waals surface area contributed by atoms with E-state index in [1.165, 1.54) is 0 Å². The van der Waals surface area contributed by atoms with Gasteiger partial charge in [-0.2, -0.15) is 0 Å². The molecule has 0 saturated carbocycles. The summed E-state index contributed by atoms with van der Waals surface area (Å²) in [4.78, 5) is 10.9. The summed E-state index contributed by atoms with van der Waals surface area (Å²) in [7, 11) is 0. The maximum atomic E-state index is 13.3. The van der Waals surface area contributed by atoms with Gasteiger partial charge in [-0.05, 0) is 24.5 Å². The third kappa shape index (κ3) is 3.84. The molecule has 94 valence electrons. The molecule has 0 radical (unpaired) electrons. The Hall–Kier alpha value is -0.840. The molecule has 1 aromatic carbocycles. The SMILES string of the molecule is CCCC(=O)C(Br)Cc1cc(F)c(F)cc1F. The molecule has 1 atom stereocenters. The van der Waals surface area contributed by atoms with Gasteiger partial charge in [0.2, 0.25) is 0 Å². The van der Waals surface area contributed by atoms with Gasteiger partial charge >= 0.3 is 0 Å². The zero-order chi connectivity index (χ0) is 13.0. The molecule has 17 heavy (non-hydrogen) atoms. The van der Waals surface area contributed by atoms with E-state index in [9.17, 15) is 18.0 Å². The van der Waals surface area contributed by atoms with Crippen molar-refractivity contribution in [3.8, 4) is 0 Å². The quantitative estimate of drug-likeness (QED) is 0.597. The van der Waals surface area contributed by atoms with Crippen LogP contribution in [0.15, 0.2) is 12.1 Å². The monoisotopic (exact) mass is 308 g/mol. The van der Waals surface area contributed by atoms with E-state index in [1.54, 1.807) is 0 Å². The van der Waals surface area contributed by atoms with E-state index in [-0.39, 0.29) is 17.8 Å². The third-order valence-corrected chi connectivity index (χ3v) is 3.17. The Kier molecular flexibility index (Phi) is 5.18. The van der Waals surface area contributed by atoms with Gasteiger partial charge in [-0.25, -0.2) is 13.2 Å². The fourth-order valence-electron chi connectivity index (χ4n) is 1.43. The lowest BCUT2D eigenvalue weighted by Gasteiger charge is -2.09. The van der Waals surface area contributed by atoms with Gasteiger partial charge in [0.25, 0.3) is 0 Å². The Morgan fingerprint density at radius 3 is 2.41 bits per heavy atom. The molecule has 0 saturated heterocycles. The highest BCUT2D eigenvalue weighted by Gasteiger charge is 2.18. The van der Waals surface area contributed by atoms with Crippen molar-refractivity contribution in [1.82, 2.24) is 0 Å². The predicted molar refractivity (Wildman–Crippen MR) is 62.7 cm³/mol. The zero-order valence-corrected chi connectivity index (χ0v) is 10.9. The molecule has 0 N–H and O–H groups in total. The normalized spacial score (nSPS) is 12.5. The second kappa shape index (κ2) is 6.19. The minimum Gasteiger partial charge on any atom is -0.298 e. The van der Waals surface area contributed by atoms with Gasteiger partial charge in [0, 0.05) is 12.5 Å². The lowest BCUT2D eigenvalue weighted by atomic mass is 10.0. The average molecular weight is 309 g/mol. The fraction of sp³-hybridized carbons (Fsp3) is 0.417. The number of carbonyl (C=O) groups excluding carboxylic acids is 1. The van der Waals surface area contributed by atoms with Crippen LogP contribution in [0.1, 0.15) is 25.3 Å². The first kappa shape index (κ1) is 14.2. The minimum absolute atomic E-state index is 0.00442. The van der Waals surface area contributed by atoms with Crippen LogP contribution in [0, 0.1) is 17.5 Å². The molecule has 1 aromatic rings. The maximum Gasteiger partial charge on any atom is 0.161 e. The number of hydrogen-bond acceptors (Lipinski definition) is 1. The van der Waals surface area contributed by atoms with E-state index in [4.69, 9.17) is 0 Å². The van der Waals surface area contributed by atoms with Crippen LogP contribution in [0.25, 0.3) is 0 Å². The van der Waals surface area contributed by atoms with Gasteiger partial charge in [-0.3, -0.25) is 4.79 Å². The Balaban J connectivity index is 2.81. The summed E-state index contributed by atoms with van der Waals surface area (Å²) in [5, 5.41) is 0. The molecule has 0 aliphatic rings. The highest BCUT2D eigenvalue weighted by Crippen LogP contribution is 2.19. The summed E-state index contributed by atoms with van der Waals surface area (Å²) in [6, 6.07) is 1.28. The molecule has 1 unspecified atom stereocenters. The fourth-order valence-corrected chi connectivity index (χ4v) is 2.01. The van der Waals surface area contributed by atoms with E-state index < -0.39 is 22.3 Å². The number of benzene rings is 1. The first-order chi connectivity index (χ1) is 7.95. The highest BCUT2D eigenvalue weighted by atomic mass is 79.9. The van der Waals surface area contributed by atoms with Gasteiger partial charge in [-0.1, -0.05) is 22.9 Å². The van der Waals surface area contributed by atoms with Crippen LogP contribution in [0.4, 0.5) is 13.2 Å². The molecular formula is C12H12BrF3O. The molecule has 0 aliphatic heterocycles. The minimum atomic E-state index is -1.22. The molecule has 5 heteroatoms. The molecule has 1 nitrogen and oxygen atoms in total. The summed E-state index contributed by atoms with van der Waals surface area (Å²) in [6.45, 7) is 1.86.